The van der Waals surface area contributed by atoms with Crippen LogP contribution in [-0.4, -0.2) is 47.5 Å². The van der Waals surface area contributed by atoms with E-state index in [2.05, 4.69) is 20.8 Å². The summed E-state index contributed by atoms with van der Waals surface area (Å²) in [6.45, 7) is 2.04. The normalized spacial score (nSPS) is 12.5. The summed E-state index contributed by atoms with van der Waals surface area (Å²) in [5.74, 6) is -0.312. The molecule has 0 radical (unpaired) electrons. The number of thiophene rings is 1. The van der Waals surface area contributed by atoms with Gasteiger partial charge in [-0.25, -0.2) is 4.79 Å². The van der Waals surface area contributed by atoms with E-state index in [1.807, 2.05) is 0 Å². The fraction of sp³-hybridized carbons (Fsp3) is 0.348. The number of nitrogens with one attached hydrogen (secondary N) is 2. The van der Waals surface area contributed by atoms with Crippen LogP contribution in [0, 0.1) is 0 Å². The van der Waals surface area contributed by atoms with Crippen LogP contribution >= 0.6 is 34.4 Å². The highest BCUT2D eigenvalue weighted by atomic mass is 32.2. The Morgan fingerprint density at radius 3 is 2.74 bits per heavy atom. The number of rotatable bonds is 9. The van der Waals surface area contributed by atoms with Crippen LogP contribution in [-0.2, 0) is 22.4 Å². The molecule has 2 amide bonds. The zero-order chi connectivity index (χ0) is 24.8. The zero-order valence-corrected chi connectivity index (χ0v) is 21.7. The molecule has 4 rings (SSSR count). The summed E-state index contributed by atoms with van der Waals surface area (Å²) >= 11 is 3.84. The maximum Gasteiger partial charge on any atom is 0.341 e. The van der Waals surface area contributed by atoms with Crippen molar-refractivity contribution in [1.82, 2.24) is 10.2 Å². The first kappa shape index (κ1) is 25.1. The number of carbonyl (C=O) groups excluding carboxylic acids is 3. The largest absolute Gasteiger partial charge is 0.497 e. The Morgan fingerprint density at radius 2 is 1.94 bits per heavy atom. The molecule has 0 spiro atoms. The molecule has 12 heteroatoms. The van der Waals surface area contributed by atoms with Crippen LogP contribution < -0.4 is 15.4 Å². The number of thioether (sulfide) groups is 1. The van der Waals surface area contributed by atoms with Crippen molar-refractivity contribution >= 4 is 62.4 Å². The van der Waals surface area contributed by atoms with Gasteiger partial charge in [0.2, 0.25) is 11.0 Å². The molecule has 1 aliphatic rings. The second kappa shape index (κ2) is 11.6. The van der Waals surface area contributed by atoms with Gasteiger partial charge in [0.1, 0.15) is 10.8 Å². The molecule has 0 atom stereocenters. The second-order valence-electron chi connectivity index (χ2n) is 7.53. The summed E-state index contributed by atoms with van der Waals surface area (Å²) in [6.07, 6.45) is 3.82. The molecule has 35 heavy (non-hydrogen) atoms. The highest BCUT2D eigenvalue weighted by Crippen LogP contribution is 2.39. The molecule has 1 aromatic carbocycles. The van der Waals surface area contributed by atoms with Crippen LogP contribution in [0.4, 0.5) is 10.1 Å². The van der Waals surface area contributed by atoms with Crippen molar-refractivity contribution in [3.05, 3.63) is 45.8 Å². The number of hydrogen-bond acceptors (Lipinski definition) is 10. The van der Waals surface area contributed by atoms with Crippen LogP contribution in [0.15, 0.2) is 28.6 Å². The molecule has 2 heterocycles. The highest BCUT2D eigenvalue weighted by Gasteiger charge is 2.27. The molecule has 1 aliphatic carbocycles. The molecule has 9 nitrogen and oxygen atoms in total. The van der Waals surface area contributed by atoms with Gasteiger partial charge in [0, 0.05) is 10.4 Å². The van der Waals surface area contributed by atoms with E-state index >= 15 is 0 Å². The van der Waals surface area contributed by atoms with Gasteiger partial charge in [-0.05, 0) is 56.4 Å². The summed E-state index contributed by atoms with van der Waals surface area (Å²) < 4.78 is 10.9. The molecule has 0 fully saturated rings. The van der Waals surface area contributed by atoms with E-state index in [9.17, 15) is 14.4 Å². The first-order valence-corrected chi connectivity index (χ1v) is 13.6. The molecule has 0 bridgehead atoms. The van der Waals surface area contributed by atoms with Crippen LogP contribution in [0.5, 0.6) is 5.75 Å². The lowest BCUT2D eigenvalue weighted by atomic mass is 9.95. The van der Waals surface area contributed by atoms with Gasteiger partial charge < -0.3 is 14.8 Å². The third kappa shape index (κ3) is 6.19. The van der Waals surface area contributed by atoms with E-state index in [1.165, 1.54) is 41.5 Å². The average molecular weight is 533 g/mol. The number of fused-ring (bicyclic) bond motifs is 1. The van der Waals surface area contributed by atoms with Crippen LogP contribution in [0.25, 0.3) is 0 Å². The maximum atomic E-state index is 12.7. The van der Waals surface area contributed by atoms with E-state index in [1.54, 1.807) is 31.2 Å². The third-order valence-corrected chi connectivity index (χ3v) is 8.37. The molecule has 2 N–H and O–H groups in total. The quantitative estimate of drug-likeness (QED) is 0.232. The number of aryl methyl sites for hydroxylation is 1. The number of carbonyl (C=O) groups is 3. The predicted octanol–water partition coefficient (Wildman–Crippen LogP) is 4.65. The molecule has 0 unspecified atom stereocenters. The molecule has 184 valence electrons. The third-order valence-electron chi connectivity index (χ3n) is 5.19. The van der Waals surface area contributed by atoms with Gasteiger partial charge in [-0.15, -0.1) is 21.5 Å². The smallest absolute Gasteiger partial charge is 0.341 e. The number of amides is 2. The molecule has 0 saturated heterocycles. The van der Waals surface area contributed by atoms with E-state index in [0.29, 0.717) is 31.3 Å². The van der Waals surface area contributed by atoms with Crippen molar-refractivity contribution in [2.24, 2.45) is 0 Å². The number of aromatic nitrogens is 2. The van der Waals surface area contributed by atoms with E-state index in [4.69, 9.17) is 9.47 Å². The highest BCUT2D eigenvalue weighted by molar-refractivity contribution is 8.01. The lowest BCUT2D eigenvalue weighted by Gasteiger charge is -2.12. The Hall–Kier alpha value is -2.96. The summed E-state index contributed by atoms with van der Waals surface area (Å²) in [4.78, 5) is 38.8. The minimum Gasteiger partial charge on any atom is -0.497 e. The number of anilines is 2. The number of nitrogens with zero attached hydrogens (tertiary/aromatic N) is 2. The number of hydrogen-bond donors (Lipinski definition) is 2. The predicted molar refractivity (Wildman–Crippen MR) is 137 cm³/mol. The van der Waals surface area contributed by atoms with Gasteiger partial charge in [0.15, 0.2) is 4.34 Å². The summed E-state index contributed by atoms with van der Waals surface area (Å²) in [5.41, 5.74) is 1.93. The van der Waals surface area contributed by atoms with Gasteiger partial charge >= 0.3 is 5.97 Å². The average Bonchev–Trinajstić information content (AvgIpc) is 3.46. The number of ether oxygens (including phenoxy) is 2. The molecule has 0 aliphatic heterocycles. The van der Waals surface area contributed by atoms with Gasteiger partial charge in [0.05, 0.1) is 25.0 Å². The number of methoxy groups -OCH3 is 1. The van der Waals surface area contributed by atoms with Crippen LogP contribution in [0.1, 0.15) is 50.9 Å². The van der Waals surface area contributed by atoms with Gasteiger partial charge in [-0.3, -0.25) is 14.9 Å². The van der Waals surface area contributed by atoms with Gasteiger partial charge in [0.25, 0.3) is 5.91 Å². The Balaban J connectivity index is 1.35. The van der Waals surface area contributed by atoms with Gasteiger partial charge in [-0.2, -0.15) is 0 Å². The molecule has 3 aromatic rings. The fourth-order valence-electron chi connectivity index (χ4n) is 3.62. The van der Waals surface area contributed by atoms with Crippen molar-refractivity contribution in [2.45, 2.75) is 36.9 Å². The SMILES string of the molecule is CCOC(=O)c1c(NC(=O)CSc2nnc(NC(=O)c3cccc(OC)c3)s2)sc2c1CCCC2. The monoisotopic (exact) mass is 532 g/mol. The molecular formula is C23H24N4O5S3. The van der Waals surface area contributed by atoms with Crippen LogP contribution in [0.3, 0.4) is 0 Å². The molecule has 0 saturated carbocycles. The molecule has 2 aromatic heterocycles. The molecular weight excluding hydrogens is 508 g/mol. The minimum absolute atomic E-state index is 0.0866. The van der Waals surface area contributed by atoms with Crippen molar-refractivity contribution in [3.8, 4) is 5.75 Å². The zero-order valence-electron chi connectivity index (χ0n) is 19.2. The summed E-state index contributed by atoms with van der Waals surface area (Å²) in [7, 11) is 1.53. The minimum atomic E-state index is -0.393. The topological polar surface area (TPSA) is 120 Å². The Morgan fingerprint density at radius 1 is 1.11 bits per heavy atom. The van der Waals surface area contributed by atoms with Crippen LogP contribution in [0.2, 0.25) is 0 Å². The Labute approximate surface area is 214 Å². The lowest BCUT2D eigenvalue weighted by molar-refractivity contribution is -0.113. The second-order valence-corrected chi connectivity index (χ2v) is 10.8. The van der Waals surface area contributed by atoms with Gasteiger partial charge in [-0.1, -0.05) is 29.2 Å². The Kier molecular flexibility index (Phi) is 8.37. The summed E-state index contributed by atoms with van der Waals surface area (Å²) in [5, 5.41) is 14.5. The fourth-order valence-corrected chi connectivity index (χ4v) is 6.46. The summed E-state index contributed by atoms with van der Waals surface area (Å²) in [6, 6.07) is 6.78. The van der Waals surface area contributed by atoms with E-state index in [-0.39, 0.29) is 24.2 Å². The van der Waals surface area contributed by atoms with E-state index in [0.717, 1.165) is 36.1 Å². The number of benzene rings is 1. The Bertz CT molecular complexity index is 1240. The van der Waals surface area contributed by atoms with Crippen molar-refractivity contribution in [2.75, 3.05) is 30.1 Å². The maximum absolute atomic E-state index is 12.7. The van der Waals surface area contributed by atoms with E-state index < -0.39 is 5.97 Å². The first-order valence-electron chi connectivity index (χ1n) is 11.0. The van der Waals surface area contributed by atoms with Crippen molar-refractivity contribution in [3.63, 3.8) is 0 Å². The first-order chi connectivity index (χ1) is 17.0. The van der Waals surface area contributed by atoms with Crippen molar-refractivity contribution < 1.29 is 23.9 Å². The number of esters is 1. The lowest BCUT2D eigenvalue weighted by Crippen LogP contribution is -2.17. The standard InChI is InChI=1S/C23H24N4O5S3/c1-3-32-21(30)18-15-9-4-5-10-16(15)34-20(18)24-17(28)12-33-23-27-26-22(35-23)25-19(29)13-7-6-8-14(11-13)31-2/h6-8,11H,3-5,9-10,12H2,1-2H3,(H,24,28)(H,25,26,29). The van der Waals surface area contributed by atoms with Crippen molar-refractivity contribution in [1.29, 1.82) is 0 Å².